The molecule has 0 N–H and O–H groups in total. The summed E-state index contributed by atoms with van der Waals surface area (Å²) in [5, 5.41) is 2.14. The molecule has 1 aliphatic rings. The topological polar surface area (TPSA) is 48.0 Å². The van der Waals surface area contributed by atoms with Crippen LogP contribution in [-0.2, 0) is 14.3 Å². The minimum Gasteiger partial charge on any atom is -0.494 e. The van der Waals surface area contributed by atoms with Crippen LogP contribution in [0.4, 0.5) is 5.69 Å². The standard InChI is InChI=1S/C17H19NO4/c1-3-21-15-7-5-12-8-14(6-4-13(12)9-15)18-11-22-16(10-20-2)17(18)19/h4-9,16H,3,10-11H2,1-2H3. The highest BCUT2D eigenvalue weighted by Gasteiger charge is 2.33. The Bertz CT molecular complexity index is 685. The Kier molecular flexibility index (Phi) is 4.27. The molecule has 0 radical (unpaired) electrons. The number of methoxy groups -OCH3 is 1. The van der Waals surface area contributed by atoms with E-state index in [0.717, 1.165) is 22.2 Å². The lowest BCUT2D eigenvalue weighted by atomic mass is 10.1. The van der Waals surface area contributed by atoms with Crippen LogP contribution < -0.4 is 9.64 Å². The van der Waals surface area contributed by atoms with Crippen LogP contribution in [0, 0.1) is 0 Å². The van der Waals surface area contributed by atoms with E-state index in [9.17, 15) is 4.79 Å². The minimum absolute atomic E-state index is 0.0628. The maximum atomic E-state index is 12.3. The van der Waals surface area contributed by atoms with Crippen molar-refractivity contribution in [3.05, 3.63) is 36.4 Å². The van der Waals surface area contributed by atoms with Gasteiger partial charge in [0.1, 0.15) is 12.5 Å². The number of nitrogens with zero attached hydrogens (tertiary/aromatic N) is 1. The van der Waals surface area contributed by atoms with Gasteiger partial charge in [0, 0.05) is 12.8 Å². The first-order valence-corrected chi connectivity index (χ1v) is 7.31. The van der Waals surface area contributed by atoms with Gasteiger partial charge in [-0.25, -0.2) is 0 Å². The van der Waals surface area contributed by atoms with E-state index in [0.29, 0.717) is 6.61 Å². The van der Waals surface area contributed by atoms with Gasteiger partial charge in [0.15, 0.2) is 6.10 Å². The molecule has 1 amide bonds. The Morgan fingerprint density at radius 1 is 1.23 bits per heavy atom. The smallest absolute Gasteiger partial charge is 0.260 e. The van der Waals surface area contributed by atoms with Crippen LogP contribution in [0.15, 0.2) is 36.4 Å². The van der Waals surface area contributed by atoms with Gasteiger partial charge in [0.25, 0.3) is 5.91 Å². The second-order valence-electron chi connectivity index (χ2n) is 5.13. The molecule has 22 heavy (non-hydrogen) atoms. The third-order valence-corrected chi connectivity index (χ3v) is 3.68. The average Bonchev–Trinajstić information content (AvgIpc) is 2.89. The van der Waals surface area contributed by atoms with Crippen molar-refractivity contribution in [3.63, 3.8) is 0 Å². The zero-order valence-corrected chi connectivity index (χ0v) is 12.7. The predicted octanol–water partition coefficient (Wildman–Crippen LogP) is 2.57. The Hall–Kier alpha value is -2.11. The molecule has 2 aromatic rings. The van der Waals surface area contributed by atoms with Gasteiger partial charge in [-0.2, -0.15) is 0 Å². The zero-order chi connectivity index (χ0) is 15.5. The number of carbonyl (C=O) groups excluding carboxylic acids is 1. The van der Waals surface area contributed by atoms with Gasteiger partial charge in [-0.3, -0.25) is 9.69 Å². The molecule has 1 heterocycles. The molecule has 1 atom stereocenters. The number of hydrogen-bond acceptors (Lipinski definition) is 4. The summed E-state index contributed by atoms with van der Waals surface area (Å²) < 4.78 is 16.0. The summed E-state index contributed by atoms with van der Waals surface area (Å²) >= 11 is 0. The second kappa shape index (κ2) is 6.34. The van der Waals surface area contributed by atoms with E-state index in [-0.39, 0.29) is 19.2 Å². The van der Waals surface area contributed by atoms with Gasteiger partial charge in [-0.15, -0.1) is 0 Å². The van der Waals surface area contributed by atoms with E-state index in [1.54, 1.807) is 12.0 Å². The molecule has 0 saturated carbocycles. The minimum atomic E-state index is -0.513. The molecule has 0 aromatic heterocycles. The number of amides is 1. The summed E-state index contributed by atoms with van der Waals surface area (Å²) in [5.74, 6) is 0.788. The summed E-state index contributed by atoms with van der Waals surface area (Å²) in [6.45, 7) is 3.14. The number of rotatable bonds is 5. The van der Waals surface area contributed by atoms with E-state index in [2.05, 4.69) is 0 Å². The van der Waals surface area contributed by atoms with Crippen LogP contribution in [0.2, 0.25) is 0 Å². The van der Waals surface area contributed by atoms with E-state index in [4.69, 9.17) is 14.2 Å². The largest absolute Gasteiger partial charge is 0.494 e. The lowest BCUT2D eigenvalue weighted by Crippen LogP contribution is -2.31. The van der Waals surface area contributed by atoms with Gasteiger partial charge in [-0.1, -0.05) is 12.1 Å². The van der Waals surface area contributed by atoms with Crippen LogP contribution in [-0.4, -0.2) is 39.1 Å². The van der Waals surface area contributed by atoms with Gasteiger partial charge >= 0.3 is 0 Å². The van der Waals surface area contributed by atoms with Crippen molar-refractivity contribution in [2.24, 2.45) is 0 Å². The molecular weight excluding hydrogens is 282 g/mol. The van der Waals surface area contributed by atoms with Gasteiger partial charge < -0.3 is 14.2 Å². The molecule has 1 aliphatic heterocycles. The molecule has 0 aliphatic carbocycles. The number of fused-ring (bicyclic) bond motifs is 1. The van der Waals surface area contributed by atoms with Gasteiger partial charge in [0.2, 0.25) is 0 Å². The third-order valence-electron chi connectivity index (χ3n) is 3.68. The van der Waals surface area contributed by atoms with Crippen LogP contribution >= 0.6 is 0 Å². The number of benzene rings is 2. The first kappa shape index (κ1) is 14.8. The van der Waals surface area contributed by atoms with Crippen molar-refractivity contribution < 1.29 is 19.0 Å². The lowest BCUT2D eigenvalue weighted by molar-refractivity contribution is -0.124. The molecule has 116 valence electrons. The van der Waals surface area contributed by atoms with E-state index in [1.165, 1.54) is 0 Å². The highest BCUT2D eigenvalue weighted by atomic mass is 16.6. The fraction of sp³-hybridized carbons (Fsp3) is 0.353. The maximum absolute atomic E-state index is 12.3. The first-order chi connectivity index (χ1) is 10.7. The summed E-state index contributed by atoms with van der Waals surface area (Å²) in [6, 6.07) is 11.8. The maximum Gasteiger partial charge on any atom is 0.260 e. The Morgan fingerprint density at radius 3 is 2.77 bits per heavy atom. The molecule has 1 unspecified atom stereocenters. The van der Waals surface area contributed by atoms with Crippen molar-refractivity contribution in [1.82, 2.24) is 0 Å². The van der Waals surface area contributed by atoms with Crippen LogP contribution in [0.3, 0.4) is 0 Å². The molecule has 1 saturated heterocycles. The lowest BCUT2D eigenvalue weighted by Gasteiger charge is -2.15. The predicted molar refractivity (Wildman–Crippen MR) is 84.2 cm³/mol. The summed E-state index contributed by atoms with van der Waals surface area (Å²) in [6.07, 6.45) is -0.513. The molecule has 5 nitrogen and oxygen atoms in total. The summed E-state index contributed by atoms with van der Waals surface area (Å²) in [5.41, 5.74) is 0.834. The molecule has 0 spiro atoms. The zero-order valence-electron chi connectivity index (χ0n) is 12.7. The van der Waals surface area contributed by atoms with Crippen molar-refractivity contribution in [3.8, 4) is 5.75 Å². The normalized spacial score (nSPS) is 18.2. The van der Waals surface area contributed by atoms with E-state index >= 15 is 0 Å². The molecule has 3 rings (SSSR count). The van der Waals surface area contributed by atoms with Crippen LogP contribution in [0.5, 0.6) is 5.75 Å². The number of carbonyl (C=O) groups is 1. The van der Waals surface area contributed by atoms with Crippen LogP contribution in [0.25, 0.3) is 10.8 Å². The quantitative estimate of drug-likeness (QED) is 0.851. The van der Waals surface area contributed by atoms with Crippen molar-refractivity contribution in [2.45, 2.75) is 13.0 Å². The van der Waals surface area contributed by atoms with Gasteiger partial charge in [-0.05, 0) is 42.0 Å². The van der Waals surface area contributed by atoms with Crippen molar-refractivity contribution in [1.29, 1.82) is 0 Å². The molecule has 0 bridgehead atoms. The van der Waals surface area contributed by atoms with Gasteiger partial charge in [0.05, 0.1) is 13.2 Å². The van der Waals surface area contributed by atoms with Crippen LogP contribution in [0.1, 0.15) is 6.92 Å². The molecule has 5 heteroatoms. The molecule has 2 aromatic carbocycles. The summed E-state index contributed by atoms with van der Waals surface area (Å²) in [7, 11) is 1.56. The van der Waals surface area contributed by atoms with Crippen molar-refractivity contribution in [2.75, 3.05) is 32.0 Å². The number of anilines is 1. The van der Waals surface area contributed by atoms with Crippen molar-refractivity contribution >= 4 is 22.4 Å². The Balaban J connectivity index is 1.86. The Labute approximate surface area is 129 Å². The third kappa shape index (κ3) is 2.77. The number of ether oxygens (including phenoxy) is 3. The SMILES string of the molecule is CCOc1ccc2cc(N3COC(COC)C3=O)ccc2c1. The summed E-state index contributed by atoms with van der Waals surface area (Å²) in [4.78, 5) is 13.9. The fourth-order valence-corrected chi connectivity index (χ4v) is 2.58. The molecule has 1 fully saturated rings. The second-order valence-corrected chi connectivity index (χ2v) is 5.13. The first-order valence-electron chi connectivity index (χ1n) is 7.31. The highest BCUT2D eigenvalue weighted by molar-refractivity contribution is 6.00. The highest BCUT2D eigenvalue weighted by Crippen LogP contribution is 2.28. The average molecular weight is 301 g/mol. The molecular formula is C17H19NO4. The Morgan fingerprint density at radius 2 is 2.00 bits per heavy atom. The fourth-order valence-electron chi connectivity index (χ4n) is 2.58. The monoisotopic (exact) mass is 301 g/mol. The van der Waals surface area contributed by atoms with E-state index < -0.39 is 6.10 Å². The number of hydrogen-bond donors (Lipinski definition) is 0. The van der Waals surface area contributed by atoms with E-state index in [1.807, 2.05) is 43.3 Å².